The maximum Gasteiger partial charge on any atom is 0.330 e. The molecule has 0 aliphatic heterocycles. The summed E-state index contributed by atoms with van der Waals surface area (Å²) >= 11 is 0. The standard InChI is InChI=1S/C39H54O7/c1-34(2)17-18-38(33(44)45)19-20-39(23-46-32(43)12-8-24-7-10-27(40)28(41)21-24)25(26(38)22-34)9-11-30-36(5)15-14-31(42)35(3,4)29(36)13-16-37(30,39)6/h7-10,12,21,26,29-31,40-42H,11,13-20,22-23H2,1-6H3,(H,44,45)/b12-8+. The van der Waals surface area contributed by atoms with Gasteiger partial charge in [0.2, 0.25) is 0 Å². The number of carboxylic acid groups (broad SMARTS) is 1. The number of ether oxygens (including phenoxy) is 1. The molecule has 4 fully saturated rings. The minimum atomic E-state index is -0.795. The zero-order chi connectivity index (χ0) is 33.5. The van der Waals surface area contributed by atoms with Crippen molar-refractivity contribution >= 4 is 18.0 Å². The Labute approximate surface area is 274 Å². The van der Waals surface area contributed by atoms with Crippen LogP contribution in [0.1, 0.15) is 111 Å². The van der Waals surface area contributed by atoms with E-state index in [4.69, 9.17) is 4.74 Å². The third-order valence-electron chi connectivity index (χ3n) is 14.6. The van der Waals surface area contributed by atoms with E-state index in [1.807, 2.05) is 0 Å². The van der Waals surface area contributed by atoms with Gasteiger partial charge >= 0.3 is 11.9 Å². The maximum atomic E-state index is 13.4. The highest BCUT2D eigenvalue weighted by molar-refractivity contribution is 5.87. The zero-order valence-electron chi connectivity index (χ0n) is 28.6. The number of carbonyl (C=O) groups is 2. The molecule has 8 atom stereocenters. The molecule has 4 N–H and O–H groups in total. The predicted molar refractivity (Wildman–Crippen MR) is 177 cm³/mol. The molecule has 1 aromatic carbocycles. The van der Waals surface area contributed by atoms with Crippen LogP contribution in [0, 0.1) is 50.2 Å². The summed E-state index contributed by atoms with van der Waals surface area (Å²) < 4.78 is 6.22. The van der Waals surface area contributed by atoms with Crippen LogP contribution < -0.4 is 0 Å². The number of hydrogen-bond acceptors (Lipinski definition) is 6. The summed E-state index contributed by atoms with van der Waals surface area (Å²) in [5.74, 6) is -1.07. The molecule has 7 heteroatoms. The van der Waals surface area contributed by atoms with Gasteiger partial charge in [0.1, 0.15) is 6.61 Å². The normalized spacial score (nSPS) is 40.9. The monoisotopic (exact) mass is 634 g/mol. The number of aliphatic hydroxyl groups excluding tert-OH is 1. The lowest BCUT2D eigenvalue weighted by Crippen LogP contribution is -2.66. The number of rotatable bonds is 5. The largest absolute Gasteiger partial charge is 0.504 e. The second-order valence-electron chi connectivity index (χ2n) is 17.5. The Bertz CT molecular complexity index is 1470. The Kier molecular flexibility index (Phi) is 7.82. The quantitative estimate of drug-likeness (QED) is 0.112. The van der Waals surface area contributed by atoms with E-state index >= 15 is 0 Å². The number of phenols is 2. The van der Waals surface area contributed by atoms with Crippen LogP contribution in [0.3, 0.4) is 0 Å². The van der Waals surface area contributed by atoms with Gasteiger partial charge < -0.3 is 25.2 Å². The maximum absolute atomic E-state index is 13.4. The third kappa shape index (κ3) is 4.77. The van der Waals surface area contributed by atoms with Gasteiger partial charge in [0.05, 0.1) is 11.5 Å². The summed E-state index contributed by atoms with van der Waals surface area (Å²) in [6, 6.07) is 4.39. The van der Waals surface area contributed by atoms with E-state index in [2.05, 4.69) is 47.6 Å². The Morgan fingerprint density at radius 1 is 0.913 bits per heavy atom. The number of fused-ring (bicyclic) bond motifs is 7. The molecule has 6 rings (SSSR count). The summed E-state index contributed by atoms with van der Waals surface area (Å²) in [5, 5.41) is 41.4. The van der Waals surface area contributed by atoms with Crippen LogP contribution in [-0.4, -0.2) is 45.1 Å². The van der Waals surface area contributed by atoms with Gasteiger partial charge in [0, 0.05) is 11.5 Å². The summed E-state index contributed by atoms with van der Waals surface area (Å²) in [5.41, 5.74) is 0.125. The lowest BCUT2D eigenvalue weighted by atomic mass is 9.33. The van der Waals surface area contributed by atoms with Gasteiger partial charge in [-0.05, 0) is 127 Å². The van der Waals surface area contributed by atoms with Crippen molar-refractivity contribution in [2.45, 2.75) is 112 Å². The number of benzene rings is 1. The number of carboxylic acids is 1. The average Bonchev–Trinajstić information content (AvgIpc) is 2.98. The van der Waals surface area contributed by atoms with Crippen molar-refractivity contribution in [3.05, 3.63) is 41.5 Å². The number of aliphatic hydroxyl groups is 1. The smallest absolute Gasteiger partial charge is 0.330 e. The highest BCUT2D eigenvalue weighted by Gasteiger charge is 2.70. The van der Waals surface area contributed by atoms with E-state index in [1.165, 1.54) is 23.8 Å². The molecular weight excluding hydrogens is 580 g/mol. The lowest BCUT2D eigenvalue weighted by molar-refractivity contribution is -0.217. The molecule has 0 amide bonds. The van der Waals surface area contributed by atoms with Crippen LogP contribution in [0.5, 0.6) is 11.5 Å². The molecule has 8 unspecified atom stereocenters. The molecule has 4 saturated carbocycles. The van der Waals surface area contributed by atoms with Gasteiger partial charge in [-0.25, -0.2) is 4.79 Å². The number of allylic oxidation sites excluding steroid dienone is 1. The first-order chi connectivity index (χ1) is 21.4. The fourth-order valence-electron chi connectivity index (χ4n) is 11.8. The van der Waals surface area contributed by atoms with Gasteiger partial charge in [-0.2, -0.15) is 0 Å². The molecule has 0 bridgehead atoms. The Morgan fingerprint density at radius 2 is 1.63 bits per heavy atom. The van der Waals surface area contributed by atoms with Crippen molar-refractivity contribution < 1.29 is 34.8 Å². The van der Waals surface area contributed by atoms with Crippen molar-refractivity contribution in [1.82, 2.24) is 0 Å². The van der Waals surface area contributed by atoms with Crippen molar-refractivity contribution in [3.63, 3.8) is 0 Å². The van der Waals surface area contributed by atoms with Gasteiger partial charge in [0.25, 0.3) is 0 Å². The SMILES string of the molecule is CC1(C)CCC2(C(=O)O)CCC3(COC(=O)/C=C/c4ccc(O)c(O)c4)C(=CCC4C5(C)CCC(O)C(C)(C)C5CCC43C)C2C1. The molecular formula is C39H54O7. The number of aliphatic carboxylic acids is 1. The molecule has 252 valence electrons. The predicted octanol–water partition coefficient (Wildman–Crippen LogP) is 7.88. The van der Waals surface area contributed by atoms with Gasteiger partial charge in [-0.15, -0.1) is 0 Å². The number of phenolic OH excluding ortho intramolecular Hbond substituents is 2. The van der Waals surface area contributed by atoms with E-state index in [0.717, 1.165) is 44.9 Å². The average molecular weight is 635 g/mol. The summed E-state index contributed by atoms with van der Waals surface area (Å²) in [7, 11) is 0. The topological polar surface area (TPSA) is 124 Å². The number of carbonyl (C=O) groups excluding carboxylic acids is 1. The number of aromatic hydroxyl groups is 2. The molecule has 0 heterocycles. The highest BCUT2D eigenvalue weighted by Crippen LogP contribution is 2.76. The van der Waals surface area contributed by atoms with E-state index in [1.54, 1.807) is 12.1 Å². The first-order valence-corrected chi connectivity index (χ1v) is 17.4. The fraction of sp³-hybridized carbons (Fsp3) is 0.692. The van der Waals surface area contributed by atoms with Crippen molar-refractivity contribution in [3.8, 4) is 11.5 Å². The first-order valence-electron chi connectivity index (χ1n) is 17.4. The molecule has 7 nitrogen and oxygen atoms in total. The molecule has 1 aromatic rings. The van der Waals surface area contributed by atoms with Gasteiger partial charge in [-0.3, -0.25) is 4.79 Å². The van der Waals surface area contributed by atoms with E-state index in [9.17, 15) is 30.0 Å². The van der Waals surface area contributed by atoms with E-state index in [0.29, 0.717) is 36.7 Å². The molecule has 0 spiro atoms. The van der Waals surface area contributed by atoms with Crippen LogP contribution in [-0.2, 0) is 14.3 Å². The lowest BCUT2D eigenvalue weighted by Gasteiger charge is -2.71. The summed E-state index contributed by atoms with van der Waals surface area (Å²) in [6.45, 7) is 14.0. The summed E-state index contributed by atoms with van der Waals surface area (Å²) in [4.78, 5) is 26.5. The number of esters is 1. The van der Waals surface area contributed by atoms with Crippen LogP contribution in [0.2, 0.25) is 0 Å². The van der Waals surface area contributed by atoms with Gasteiger partial charge in [-0.1, -0.05) is 59.3 Å². The summed E-state index contributed by atoms with van der Waals surface area (Å²) in [6.07, 6.45) is 13.2. The minimum absolute atomic E-state index is 0.00269. The molecule has 5 aliphatic carbocycles. The Morgan fingerprint density at radius 3 is 2.33 bits per heavy atom. The first kappa shape index (κ1) is 33.1. The Hall–Kier alpha value is -2.80. The molecule has 0 aromatic heterocycles. The van der Waals surface area contributed by atoms with Gasteiger partial charge in [0.15, 0.2) is 11.5 Å². The van der Waals surface area contributed by atoms with Crippen molar-refractivity contribution in [1.29, 1.82) is 0 Å². The second kappa shape index (κ2) is 10.9. The van der Waals surface area contributed by atoms with Crippen LogP contribution >= 0.6 is 0 Å². The molecule has 46 heavy (non-hydrogen) atoms. The molecule has 5 aliphatic rings. The van der Waals surface area contributed by atoms with Crippen molar-refractivity contribution in [2.75, 3.05) is 6.61 Å². The molecule has 0 saturated heterocycles. The Balaban J connectivity index is 1.40. The fourth-order valence-corrected chi connectivity index (χ4v) is 11.8. The third-order valence-corrected chi connectivity index (χ3v) is 14.6. The second-order valence-corrected chi connectivity index (χ2v) is 17.5. The highest BCUT2D eigenvalue weighted by atomic mass is 16.5. The zero-order valence-corrected chi connectivity index (χ0v) is 28.6. The number of hydrogen-bond donors (Lipinski definition) is 4. The van der Waals surface area contributed by atoms with E-state index < -0.39 is 22.8 Å². The van der Waals surface area contributed by atoms with Crippen LogP contribution in [0.15, 0.2) is 35.9 Å². The minimum Gasteiger partial charge on any atom is -0.504 e. The molecule has 0 radical (unpaired) electrons. The van der Waals surface area contributed by atoms with Crippen LogP contribution in [0.4, 0.5) is 0 Å². The van der Waals surface area contributed by atoms with Crippen molar-refractivity contribution in [2.24, 2.45) is 50.2 Å². The van der Waals surface area contributed by atoms with E-state index in [-0.39, 0.29) is 51.8 Å². The van der Waals surface area contributed by atoms with Crippen LogP contribution in [0.25, 0.3) is 6.08 Å².